The predicted molar refractivity (Wildman–Crippen MR) is 90.6 cm³/mol. The molecule has 0 atom stereocenters. The Morgan fingerprint density at radius 2 is 1.59 bits per heavy atom. The average Bonchev–Trinajstić information content (AvgIpc) is 2.37. The molecule has 0 aliphatic heterocycles. The summed E-state index contributed by atoms with van der Waals surface area (Å²) >= 11 is 16.7. The second-order valence-electron chi connectivity index (χ2n) is 4.03. The van der Waals surface area contributed by atoms with Crippen molar-refractivity contribution < 1.29 is 39.4 Å². The SMILES string of the molecule is O=S(=O)(NC(=S)Nc1cc(Cl)cc(Cl)c1)c1ccccc1.[H-].[Na+]. The molecule has 112 valence electrons. The van der Waals surface area contributed by atoms with Crippen LogP contribution in [0.25, 0.3) is 0 Å². The van der Waals surface area contributed by atoms with Gasteiger partial charge in [-0.1, -0.05) is 41.4 Å². The third kappa shape index (κ3) is 5.70. The summed E-state index contributed by atoms with van der Waals surface area (Å²) in [5.74, 6) is 0. The van der Waals surface area contributed by atoms with Gasteiger partial charge in [-0.2, -0.15) is 0 Å². The zero-order valence-corrected chi connectivity index (χ0v) is 16.7. The Kier molecular flexibility index (Phi) is 7.61. The minimum absolute atomic E-state index is 0. The van der Waals surface area contributed by atoms with Crippen LogP contribution in [0.2, 0.25) is 10.0 Å². The number of hydrogen-bond acceptors (Lipinski definition) is 3. The van der Waals surface area contributed by atoms with E-state index in [2.05, 4.69) is 10.0 Å². The fourth-order valence-corrected chi connectivity index (χ4v) is 3.46. The molecule has 0 radical (unpaired) electrons. The van der Waals surface area contributed by atoms with E-state index >= 15 is 0 Å². The van der Waals surface area contributed by atoms with E-state index in [0.717, 1.165) is 0 Å². The maximum Gasteiger partial charge on any atom is 1.00 e. The summed E-state index contributed by atoms with van der Waals surface area (Å²) in [4.78, 5) is 0.123. The molecule has 22 heavy (non-hydrogen) atoms. The van der Waals surface area contributed by atoms with E-state index in [9.17, 15) is 8.42 Å². The van der Waals surface area contributed by atoms with Crippen LogP contribution < -0.4 is 39.6 Å². The van der Waals surface area contributed by atoms with E-state index in [0.29, 0.717) is 15.7 Å². The van der Waals surface area contributed by atoms with Crippen LogP contribution in [0, 0.1) is 0 Å². The van der Waals surface area contributed by atoms with Gasteiger partial charge in [-0.05, 0) is 42.5 Å². The van der Waals surface area contributed by atoms with E-state index in [4.69, 9.17) is 35.4 Å². The maximum absolute atomic E-state index is 12.1. The van der Waals surface area contributed by atoms with Gasteiger partial charge in [0.05, 0.1) is 4.90 Å². The summed E-state index contributed by atoms with van der Waals surface area (Å²) in [7, 11) is -3.72. The van der Waals surface area contributed by atoms with Crippen LogP contribution in [-0.4, -0.2) is 13.5 Å². The van der Waals surface area contributed by atoms with E-state index in [1.165, 1.54) is 12.1 Å². The molecule has 0 bridgehead atoms. The van der Waals surface area contributed by atoms with Gasteiger partial charge in [-0.25, -0.2) is 8.42 Å². The number of anilines is 1. The second-order valence-corrected chi connectivity index (χ2v) is 6.99. The standard InChI is InChI=1S/C13H10Cl2N2O2S2.Na.H/c14-9-6-10(15)8-11(7-9)16-13(20)17-21(18,19)12-4-2-1-3-5-12;;/h1-8H,(H2,16,17,20);;/q;+1;-1. The minimum Gasteiger partial charge on any atom is -1.00 e. The van der Waals surface area contributed by atoms with Gasteiger partial charge in [-0.15, -0.1) is 0 Å². The number of hydrogen-bond donors (Lipinski definition) is 2. The molecule has 0 spiro atoms. The molecule has 0 heterocycles. The molecule has 0 aliphatic carbocycles. The zero-order chi connectivity index (χ0) is 15.5. The number of sulfonamides is 1. The first-order valence-electron chi connectivity index (χ1n) is 5.72. The van der Waals surface area contributed by atoms with Crippen molar-refractivity contribution in [2.75, 3.05) is 5.32 Å². The number of rotatable bonds is 3. The fourth-order valence-electron chi connectivity index (χ4n) is 1.56. The molecule has 0 saturated carbocycles. The molecule has 0 aromatic heterocycles. The number of thiocarbonyl (C=S) groups is 1. The summed E-state index contributed by atoms with van der Waals surface area (Å²) < 4.78 is 26.4. The normalized spacial score (nSPS) is 10.5. The van der Waals surface area contributed by atoms with Crippen molar-refractivity contribution in [3.8, 4) is 0 Å². The van der Waals surface area contributed by atoms with Crippen molar-refractivity contribution >= 4 is 56.2 Å². The van der Waals surface area contributed by atoms with Crippen molar-refractivity contribution in [3.05, 3.63) is 58.6 Å². The second kappa shape index (κ2) is 8.49. The summed E-state index contributed by atoms with van der Waals surface area (Å²) in [6.07, 6.45) is 0. The van der Waals surface area contributed by atoms with Crippen LogP contribution in [0.5, 0.6) is 0 Å². The molecule has 0 unspecified atom stereocenters. The van der Waals surface area contributed by atoms with Crippen LogP contribution in [0.3, 0.4) is 0 Å². The van der Waals surface area contributed by atoms with Gasteiger partial charge in [0.25, 0.3) is 10.0 Å². The molecule has 0 saturated heterocycles. The Morgan fingerprint density at radius 3 is 2.14 bits per heavy atom. The number of halogens is 2. The summed E-state index contributed by atoms with van der Waals surface area (Å²) in [5.41, 5.74) is 0.494. The molecule has 0 fully saturated rings. The van der Waals surface area contributed by atoms with Crippen molar-refractivity contribution in [1.29, 1.82) is 0 Å². The Hall–Kier alpha value is -0.340. The molecule has 2 N–H and O–H groups in total. The molecular weight excluding hydrogens is 374 g/mol. The molecule has 9 heteroatoms. The predicted octanol–water partition coefficient (Wildman–Crippen LogP) is 0.785. The van der Waals surface area contributed by atoms with E-state index < -0.39 is 10.0 Å². The Labute approximate surface area is 168 Å². The van der Waals surface area contributed by atoms with Gasteiger partial charge in [0.15, 0.2) is 5.11 Å². The Morgan fingerprint density at radius 1 is 1.05 bits per heavy atom. The largest absolute Gasteiger partial charge is 1.00 e. The molecule has 2 aromatic rings. The van der Waals surface area contributed by atoms with Crippen LogP contribution in [0.15, 0.2) is 53.4 Å². The maximum atomic E-state index is 12.1. The summed E-state index contributed by atoms with van der Waals surface area (Å²) in [5, 5.41) is 3.48. The first-order valence-corrected chi connectivity index (χ1v) is 8.36. The Bertz CT molecular complexity index is 757. The first kappa shape index (κ1) is 19.7. The molecule has 2 aromatic carbocycles. The molecule has 0 aliphatic rings. The number of benzene rings is 2. The zero-order valence-electron chi connectivity index (χ0n) is 12.5. The van der Waals surface area contributed by atoms with E-state index in [-0.39, 0.29) is 41.0 Å². The third-order valence-electron chi connectivity index (χ3n) is 2.40. The fraction of sp³-hybridized carbons (Fsp3) is 0. The van der Waals surface area contributed by atoms with Gasteiger partial charge in [0.2, 0.25) is 0 Å². The molecule has 4 nitrogen and oxygen atoms in total. The quantitative estimate of drug-likeness (QED) is 0.606. The van der Waals surface area contributed by atoms with Crippen LogP contribution in [-0.2, 0) is 10.0 Å². The topological polar surface area (TPSA) is 58.2 Å². The van der Waals surface area contributed by atoms with Gasteiger partial charge < -0.3 is 6.74 Å². The van der Waals surface area contributed by atoms with Gasteiger partial charge >= 0.3 is 29.6 Å². The van der Waals surface area contributed by atoms with Crippen molar-refractivity contribution in [2.45, 2.75) is 4.90 Å². The van der Waals surface area contributed by atoms with Crippen molar-refractivity contribution in [1.82, 2.24) is 4.72 Å². The van der Waals surface area contributed by atoms with E-state index in [1.54, 1.807) is 36.4 Å². The number of nitrogens with one attached hydrogen (secondary N) is 2. The van der Waals surface area contributed by atoms with Crippen LogP contribution >= 0.6 is 35.4 Å². The van der Waals surface area contributed by atoms with E-state index in [1.807, 2.05) is 0 Å². The average molecular weight is 385 g/mol. The summed E-state index contributed by atoms with van der Waals surface area (Å²) in [6, 6.07) is 12.6. The first-order chi connectivity index (χ1) is 9.87. The van der Waals surface area contributed by atoms with Crippen LogP contribution in [0.1, 0.15) is 1.43 Å². The Balaban J connectivity index is 0.00000242. The summed E-state index contributed by atoms with van der Waals surface area (Å²) in [6.45, 7) is 0. The molecule has 2 rings (SSSR count). The monoisotopic (exact) mass is 384 g/mol. The van der Waals surface area contributed by atoms with Crippen molar-refractivity contribution in [3.63, 3.8) is 0 Å². The smallest absolute Gasteiger partial charge is 1.00 e. The van der Waals surface area contributed by atoms with Gasteiger partial charge in [-0.3, -0.25) is 4.72 Å². The third-order valence-corrected chi connectivity index (χ3v) is 4.54. The van der Waals surface area contributed by atoms with Gasteiger partial charge in [0, 0.05) is 15.7 Å². The molecular formula is C13H11Cl2N2NaO2S2. The molecule has 0 amide bonds. The van der Waals surface area contributed by atoms with Gasteiger partial charge in [0.1, 0.15) is 0 Å². The van der Waals surface area contributed by atoms with Crippen molar-refractivity contribution in [2.24, 2.45) is 0 Å². The van der Waals surface area contributed by atoms with Crippen LogP contribution in [0.4, 0.5) is 5.69 Å². The minimum atomic E-state index is -3.72.